The lowest BCUT2D eigenvalue weighted by Gasteiger charge is -2.05. The van der Waals surface area contributed by atoms with Crippen LogP contribution in [0, 0.1) is 6.92 Å². The molecule has 1 aromatic carbocycles. The van der Waals surface area contributed by atoms with E-state index in [1.165, 1.54) is 41.3 Å². The van der Waals surface area contributed by atoms with Crippen molar-refractivity contribution in [2.24, 2.45) is 0 Å². The number of thioether (sulfide) groups is 1. The van der Waals surface area contributed by atoms with Crippen LogP contribution in [0.1, 0.15) is 15.4 Å². The number of carbonyl (C=O) groups is 1. The van der Waals surface area contributed by atoms with Crippen molar-refractivity contribution in [1.82, 2.24) is 10.2 Å². The average molecular weight is 316 g/mol. The van der Waals surface area contributed by atoms with Crippen molar-refractivity contribution in [3.05, 3.63) is 34.8 Å². The highest BCUT2D eigenvalue weighted by Gasteiger charge is 2.11. The van der Waals surface area contributed by atoms with E-state index < -0.39 is 6.61 Å². The third-order valence-electron chi connectivity index (χ3n) is 2.22. The summed E-state index contributed by atoms with van der Waals surface area (Å²) in [5, 5.41) is 8.57. The lowest BCUT2D eigenvalue weighted by Crippen LogP contribution is -2.05. The van der Waals surface area contributed by atoms with Gasteiger partial charge in [-0.15, -0.1) is 10.2 Å². The van der Waals surface area contributed by atoms with E-state index in [-0.39, 0.29) is 17.3 Å². The average Bonchev–Trinajstić information content (AvgIpc) is 2.81. The fourth-order valence-electron chi connectivity index (χ4n) is 1.39. The molecule has 1 heterocycles. The predicted molar refractivity (Wildman–Crippen MR) is 72.8 cm³/mol. The molecule has 1 aromatic heterocycles. The number of rotatable bonds is 6. The first-order chi connectivity index (χ1) is 9.54. The maximum absolute atomic E-state index is 12.1. The molecule has 0 radical (unpaired) electrons. The van der Waals surface area contributed by atoms with Crippen molar-refractivity contribution in [2.45, 2.75) is 17.9 Å². The van der Waals surface area contributed by atoms with Gasteiger partial charge in [0, 0.05) is 5.56 Å². The van der Waals surface area contributed by atoms with Crippen molar-refractivity contribution < 1.29 is 18.3 Å². The molecule has 0 bridgehead atoms. The second kappa shape index (κ2) is 6.76. The van der Waals surface area contributed by atoms with Gasteiger partial charge >= 0.3 is 6.61 Å². The third-order valence-corrected chi connectivity index (χ3v) is 4.19. The lowest BCUT2D eigenvalue weighted by molar-refractivity contribution is -0.0498. The molecule has 8 heteroatoms. The molecule has 2 aromatic rings. The molecular formula is C12H10F2N2O2S2. The van der Waals surface area contributed by atoms with Gasteiger partial charge in [0.2, 0.25) is 0 Å². The molecular weight excluding hydrogens is 306 g/mol. The Morgan fingerprint density at radius 1 is 1.45 bits per heavy atom. The summed E-state index contributed by atoms with van der Waals surface area (Å²) in [4.78, 5) is 12.0. The minimum Gasteiger partial charge on any atom is -0.435 e. The standard InChI is InChI=1S/C12H10F2N2O2S2/c1-7-15-16-12(20-7)19-6-10(17)8-3-2-4-9(5-8)18-11(13)14/h2-5,11H,6H2,1H3. The number of ketones is 1. The molecule has 0 saturated carbocycles. The second-order valence-corrected chi connectivity index (χ2v) is 6.11. The summed E-state index contributed by atoms with van der Waals surface area (Å²) in [6.07, 6.45) is 0. The number of ether oxygens (including phenoxy) is 1. The van der Waals surface area contributed by atoms with Gasteiger partial charge in [-0.3, -0.25) is 4.79 Å². The Morgan fingerprint density at radius 2 is 2.25 bits per heavy atom. The normalized spacial score (nSPS) is 10.8. The van der Waals surface area contributed by atoms with Gasteiger partial charge in [-0.05, 0) is 19.1 Å². The number of benzene rings is 1. The number of hydrogen-bond donors (Lipinski definition) is 0. The highest BCUT2D eigenvalue weighted by atomic mass is 32.2. The predicted octanol–water partition coefficient (Wildman–Crippen LogP) is 3.42. The molecule has 0 spiro atoms. The Kier molecular flexibility index (Phi) is 5.02. The number of carbonyl (C=O) groups excluding carboxylic acids is 1. The maximum atomic E-state index is 12.1. The van der Waals surface area contributed by atoms with Crippen LogP contribution in [-0.4, -0.2) is 28.3 Å². The van der Waals surface area contributed by atoms with Gasteiger partial charge in [-0.1, -0.05) is 35.2 Å². The van der Waals surface area contributed by atoms with E-state index in [9.17, 15) is 13.6 Å². The lowest BCUT2D eigenvalue weighted by atomic mass is 10.1. The smallest absolute Gasteiger partial charge is 0.387 e. The summed E-state index contributed by atoms with van der Waals surface area (Å²) in [5.74, 6) is -0.0302. The first-order valence-corrected chi connectivity index (χ1v) is 7.36. The van der Waals surface area contributed by atoms with Gasteiger partial charge in [0.25, 0.3) is 0 Å². The number of alkyl halides is 2. The van der Waals surface area contributed by atoms with Crippen LogP contribution < -0.4 is 4.74 Å². The molecule has 0 saturated heterocycles. The van der Waals surface area contributed by atoms with Crippen LogP contribution in [0.15, 0.2) is 28.6 Å². The topological polar surface area (TPSA) is 52.1 Å². The number of Topliss-reactive ketones (excluding diaryl/α,β-unsaturated/α-hetero) is 1. The molecule has 0 amide bonds. The Balaban J connectivity index is 1.98. The SMILES string of the molecule is Cc1nnc(SCC(=O)c2cccc(OC(F)F)c2)s1. The zero-order valence-electron chi connectivity index (χ0n) is 10.4. The van der Waals surface area contributed by atoms with Gasteiger partial charge in [-0.2, -0.15) is 8.78 Å². The monoisotopic (exact) mass is 316 g/mol. The van der Waals surface area contributed by atoms with E-state index in [2.05, 4.69) is 14.9 Å². The Hall–Kier alpha value is -1.54. The van der Waals surface area contributed by atoms with E-state index >= 15 is 0 Å². The quantitative estimate of drug-likeness (QED) is 0.604. The van der Waals surface area contributed by atoms with E-state index in [0.29, 0.717) is 9.90 Å². The summed E-state index contributed by atoms with van der Waals surface area (Å²) in [6.45, 7) is -1.08. The maximum Gasteiger partial charge on any atom is 0.387 e. The highest BCUT2D eigenvalue weighted by molar-refractivity contribution is 8.01. The molecule has 0 atom stereocenters. The van der Waals surface area contributed by atoms with E-state index in [4.69, 9.17) is 0 Å². The van der Waals surface area contributed by atoms with Gasteiger partial charge in [0.1, 0.15) is 10.8 Å². The van der Waals surface area contributed by atoms with Gasteiger partial charge in [-0.25, -0.2) is 0 Å². The van der Waals surface area contributed by atoms with Gasteiger partial charge < -0.3 is 4.74 Å². The largest absolute Gasteiger partial charge is 0.435 e. The Labute approximate surface area is 122 Å². The Morgan fingerprint density at radius 3 is 2.90 bits per heavy atom. The van der Waals surface area contributed by atoms with Crippen LogP contribution in [-0.2, 0) is 0 Å². The van der Waals surface area contributed by atoms with Crippen molar-refractivity contribution >= 4 is 28.9 Å². The van der Waals surface area contributed by atoms with Crippen molar-refractivity contribution in [3.63, 3.8) is 0 Å². The number of nitrogens with zero attached hydrogens (tertiary/aromatic N) is 2. The molecule has 0 aliphatic rings. The van der Waals surface area contributed by atoms with E-state index in [0.717, 1.165) is 5.01 Å². The molecule has 4 nitrogen and oxygen atoms in total. The van der Waals surface area contributed by atoms with Crippen LogP contribution in [0.4, 0.5) is 8.78 Å². The van der Waals surface area contributed by atoms with Crippen molar-refractivity contribution in [2.75, 3.05) is 5.75 Å². The van der Waals surface area contributed by atoms with E-state index in [1.807, 2.05) is 6.92 Å². The summed E-state index contributed by atoms with van der Waals surface area (Å²) >= 11 is 2.67. The number of hydrogen-bond acceptors (Lipinski definition) is 6. The van der Waals surface area contributed by atoms with Crippen LogP contribution in [0.3, 0.4) is 0 Å². The zero-order chi connectivity index (χ0) is 14.5. The van der Waals surface area contributed by atoms with Crippen LogP contribution in [0.2, 0.25) is 0 Å². The minimum atomic E-state index is -2.90. The van der Waals surface area contributed by atoms with Crippen molar-refractivity contribution in [3.8, 4) is 5.75 Å². The van der Waals surface area contributed by atoms with Crippen LogP contribution in [0.25, 0.3) is 0 Å². The van der Waals surface area contributed by atoms with E-state index in [1.54, 1.807) is 6.07 Å². The molecule has 0 N–H and O–H groups in total. The molecule has 0 aliphatic heterocycles. The van der Waals surface area contributed by atoms with Gasteiger partial charge in [0.05, 0.1) is 5.75 Å². The summed E-state index contributed by atoms with van der Waals surface area (Å²) < 4.78 is 29.2. The molecule has 0 aliphatic carbocycles. The van der Waals surface area contributed by atoms with Crippen molar-refractivity contribution in [1.29, 1.82) is 0 Å². The van der Waals surface area contributed by atoms with Crippen LogP contribution >= 0.6 is 23.1 Å². The third kappa shape index (κ3) is 4.24. The minimum absolute atomic E-state index is 0.0254. The first kappa shape index (κ1) is 14.9. The zero-order valence-corrected chi connectivity index (χ0v) is 12.0. The number of aryl methyl sites for hydroxylation is 1. The van der Waals surface area contributed by atoms with Crippen LogP contribution in [0.5, 0.6) is 5.75 Å². The molecule has 2 rings (SSSR count). The molecule has 106 valence electrons. The molecule has 0 unspecified atom stereocenters. The molecule has 0 fully saturated rings. The Bertz CT molecular complexity index is 605. The highest BCUT2D eigenvalue weighted by Crippen LogP contribution is 2.23. The number of aromatic nitrogens is 2. The summed E-state index contributed by atoms with van der Waals surface area (Å²) in [6, 6.07) is 5.75. The number of halogens is 2. The second-order valence-electron chi connectivity index (χ2n) is 3.71. The molecule has 20 heavy (non-hydrogen) atoms. The first-order valence-electron chi connectivity index (χ1n) is 5.55. The van der Waals surface area contributed by atoms with Gasteiger partial charge in [0.15, 0.2) is 10.1 Å². The summed E-state index contributed by atoms with van der Waals surface area (Å²) in [5.41, 5.74) is 0.330. The summed E-state index contributed by atoms with van der Waals surface area (Å²) in [7, 11) is 0. The fraction of sp³-hybridized carbons (Fsp3) is 0.250. The fourth-order valence-corrected chi connectivity index (χ4v) is 3.10.